The molecule has 0 spiro atoms. The predicted molar refractivity (Wildman–Crippen MR) is 111 cm³/mol. The van der Waals surface area contributed by atoms with Gasteiger partial charge in [-0.25, -0.2) is 4.98 Å². The summed E-state index contributed by atoms with van der Waals surface area (Å²) in [5, 5.41) is 3.43. The molecule has 146 valence electrons. The van der Waals surface area contributed by atoms with Crippen LogP contribution in [-0.2, 0) is 11.2 Å². The molecule has 0 aliphatic carbocycles. The molecule has 6 nitrogen and oxygen atoms in total. The Bertz CT molecular complexity index is 1070. The number of carbonyl (C=O) groups is 1. The van der Waals surface area contributed by atoms with Crippen molar-refractivity contribution in [2.24, 2.45) is 0 Å². The summed E-state index contributed by atoms with van der Waals surface area (Å²) < 4.78 is 13.1. The number of imidazole rings is 1. The summed E-state index contributed by atoms with van der Waals surface area (Å²) in [6, 6.07) is 3.76. The van der Waals surface area contributed by atoms with Crippen LogP contribution in [0.2, 0.25) is 5.02 Å². The van der Waals surface area contributed by atoms with E-state index in [2.05, 4.69) is 10.3 Å². The van der Waals surface area contributed by atoms with Crippen LogP contribution in [0, 0.1) is 13.8 Å². The zero-order valence-electron chi connectivity index (χ0n) is 15.6. The normalized spacial score (nSPS) is 13.4. The summed E-state index contributed by atoms with van der Waals surface area (Å²) in [5.74, 6) is 1.10. The number of halogens is 1. The van der Waals surface area contributed by atoms with E-state index in [-0.39, 0.29) is 5.91 Å². The largest absolute Gasteiger partial charge is 0.486 e. The van der Waals surface area contributed by atoms with E-state index < -0.39 is 0 Å². The van der Waals surface area contributed by atoms with Crippen molar-refractivity contribution < 1.29 is 14.3 Å². The molecule has 3 aromatic rings. The van der Waals surface area contributed by atoms with Gasteiger partial charge in [-0.3, -0.25) is 9.20 Å². The summed E-state index contributed by atoms with van der Waals surface area (Å²) >= 11 is 7.88. The number of fused-ring (bicyclic) bond motifs is 2. The molecule has 1 aliphatic rings. The van der Waals surface area contributed by atoms with Crippen molar-refractivity contribution in [2.75, 3.05) is 19.8 Å². The Morgan fingerprint density at radius 3 is 3.04 bits per heavy atom. The second-order valence-electron chi connectivity index (χ2n) is 6.55. The van der Waals surface area contributed by atoms with Crippen molar-refractivity contribution in [3.05, 3.63) is 51.3 Å². The van der Waals surface area contributed by atoms with E-state index in [1.54, 1.807) is 23.5 Å². The molecule has 3 heterocycles. The monoisotopic (exact) mass is 417 g/mol. The number of aromatic nitrogens is 2. The van der Waals surface area contributed by atoms with Gasteiger partial charge in [-0.2, -0.15) is 0 Å². The number of thiazole rings is 1. The van der Waals surface area contributed by atoms with Crippen LogP contribution in [0.4, 0.5) is 0 Å². The molecule has 0 saturated heterocycles. The molecule has 0 fully saturated rings. The number of amides is 1. The SMILES string of the molecule is Cc1cn2c(/C=C\C(=O)NCCc3cc(Cl)c4c(c3)OCCO4)c(C)nc2s1. The topological polar surface area (TPSA) is 64.9 Å². The molecule has 28 heavy (non-hydrogen) atoms. The molecule has 1 aromatic carbocycles. The van der Waals surface area contributed by atoms with E-state index in [1.165, 1.54) is 4.88 Å². The summed E-state index contributed by atoms with van der Waals surface area (Å²) in [4.78, 5) is 18.8. The van der Waals surface area contributed by atoms with E-state index in [0.29, 0.717) is 42.7 Å². The lowest BCUT2D eigenvalue weighted by atomic mass is 10.1. The first-order chi connectivity index (χ1) is 13.5. The van der Waals surface area contributed by atoms with Gasteiger partial charge in [0, 0.05) is 23.7 Å². The fourth-order valence-corrected chi connectivity index (χ4v) is 4.30. The average molecular weight is 418 g/mol. The van der Waals surface area contributed by atoms with E-state index >= 15 is 0 Å². The molecule has 0 radical (unpaired) electrons. The zero-order chi connectivity index (χ0) is 19.7. The molecule has 0 unspecified atom stereocenters. The Hall–Kier alpha value is -2.51. The van der Waals surface area contributed by atoms with Crippen LogP contribution in [0.15, 0.2) is 24.4 Å². The molecule has 4 rings (SSSR count). The minimum atomic E-state index is -0.148. The number of ether oxygens (including phenoxy) is 2. The Balaban J connectivity index is 1.36. The number of nitrogens with zero attached hydrogens (tertiary/aromatic N) is 2. The van der Waals surface area contributed by atoms with Crippen molar-refractivity contribution in [1.82, 2.24) is 14.7 Å². The molecule has 0 bridgehead atoms. The van der Waals surface area contributed by atoms with Gasteiger partial charge >= 0.3 is 0 Å². The quantitative estimate of drug-likeness (QED) is 0.641. The lowest BCUT2D eigenvalue weighted by Gasteiger charge is -2.20. The van der Waals surface area contributed by atoms with E-state index in [0.717, 1.165) is 21.9 Å². The van der Waals surface area contributed by atoms with Gasteiger partial charge < -0.3 is 14.8 Å². The van der Waals surface area contributed by atoms with E-state index in [1.807, 2.05) is 36.6 Å². The second-order valence-corrected chi connectivity index (χ2v) is 8.17. The number of benzene rings is 1. The molecular formula is C20H20ClN3O3S. The molecule has 2 aromatic heterocycles. The van der Waals surface area contributed by atoms with Crippen LogP contribution >= 0.6 is 22.9 Å². The second kappa shape index (κ2) is 7.85. The molecular weight excluding hydrogens is 398 g/mol. The standard InChI is InChI=1S/C20H20ClN3O3S/c1-12-11-24-16(13(2)23-20(24)28-12)3-4-18(25)22-6-5-14-9-15(21)19-17(10-14)26-7-8-27-19/h3-4,9-11H,5-8H2,1-2H3,(H,22,25)/b4-3-. The summed E-state index contributed by atoms with van der Waals surface area (Å²) in [7, 11) is 0. The van der Waals surface area contributed by atoms with Crippen molar-refractivity contribution in [1.29, 1.82) is 0 Å². The third-order valence-corrected chi connectivity index (χ3v) is 5.60. The van der Waals surface area contributed by atoms with Crippen molar-refractivity contribution in [3.63, 3.8) is 0 Å². The summed E-state index contributed by atoms with van der Waals surface area (Å²) in [6.45, 7) is 5.50. The highest BCUT2D eigenvalue weighted by Crippen LogP contribution is 2.38. The van der Waals surface area contributed by atoms with Gasteiger partial charge in [-0.15, -0.1) is 11.3 Å². The maximum Gasteiger partial charge on any atom is 0.244 e. The minimum absolute atomic E-state index is 0.148. The van der Waals surface area contributed by atoms with Crippen LogP contribution < -0.4 is 14.8 Å². The van der Waals surface area contributed by atoms with Gasteiger partial charge in [-0.1, -0.05) is 11.6 Å². The number of hydrogen-bond donors (Lipinski definition) is 1. The van der Waals surface area contributed by atoms with Crippen LogP contribution in [0.5, 0.6) is 11.5 Å². The third kappa shape index (κ3) is 3.86. The van der Waals surface area contributed by atoms with Crippen LogP contribution in [0.25, 0.3) is 11.0 Å². The van der Waals surface area contributed by atoms with Gasteiger partial charge in [0.15, 0.2) is 16.5 Å². The first-order valence-corrected chi connectivity index (χ1v) is 10.2. The third-order valence-electron chi connectivity index (χ3n) is 4.42. The molecule has 8 heteroatoms. The number of hydrogen-bond acceptors (Lipinski definition) is 5. The highest BCUT2D eigenvalue weighted by molar-refractivity contribution is 7.17. The smallest absolute Gasteiger partial charge is 0.244 e. The minimum Gasteiger partial charge on any atom is -0.486 e. The van der Waals surface area contributed by atoms with Gasteiger partial charge in [0.05, 0.1) is 16.4 Å². The zero-order valence-corrected chi connectivity index (χ0v) is 17.2. The van der Waals surface area contributed by atoms with Crippen LogP contribution in [0.3, 0.4) is 0 Å². The van der Waals surface area contributed by atoms with Crippen LogP contribution in [0.1, 0.15) is 21.8 Å². The number of rotatable bonds is 5. The van der Waals surface area contributed by atoms with Gasteiger partial charge in [0.2, 0.25) is 5.91 Å². The van der Waals surface area contributed by atoms with Crippen LogP contribution in [-0.4, -0.2) is 35.1 Å². The molecule has 0 saturated carbocycles. The summed E-state index contributed by atoms with van der Waals surface area (Å²) in [5.41, 5.74) is 2.81. The number of aryl methyl sites for hydroxylation is 2. The lowest BCUT2D eigenvalue weighted by Crippen LogP contribution is -2.23. The van der Waals surface area contributed by atoms with Crippen molar-refractivity contribution in [2.45, 2.75) is 20.3 Å². The van der Waals surface area contributed by atoms with Gasteiger partial charge in [0.1, 0.15) is 13.2 Å². The average Bonchev–Trinajstić information content (AvgIpc) is 3.15. The van der Waals surface area contributed by atoms with Gasteiger partial charge in [0.25, 0.3) is 0 Å². The lowest BCUT2D eigenvalue weighted by molar-refractivity contribution is -0.116. The Kier molecular flexibility index (Phi) is 5.28. The van der Waals surface area contributed by atoms with E-state index in [9.17, 15) is 4.79 Å². The first-order valence-electron chi connectivity index (χ1n) is 9.00. The molecule has 1 aliphatic heterocycles. The Morgan fingerprint density at radius 2 is 2.18 bits per heavy atom. The highest BCUT2D eigenvalue weighted by atomic mass is 35.5. The van der Waals surface area contributed by atoms with Crippen molar-refractivity contribution in [3.8, 4) is 11.5 Å². The first kappa shape index (κ1) is 18.8. The fraction of sp³-hybridized carbons (Fsp3) is 0.300. The van der Waals surface area contributed by atoms with Crippen molar-refractivity contribution >= 4 is 39.9 Å². The van der Waals surface area contributed by atoms with Gasteiger partial charge in [-0.05, 0) is 44.0 Å². The maximum atomic E-state index is 12.2. The molecule has 1 N–H and O–H groups in total. The molecule has 1 amide bonds. The van der Waals surface area contributed by atoms with E-state index in [4.69, 9.17) is 21.1 Å². The molecule has 0 atom stereocenters. The number of carbonyl (C=O) groups excluding carboxylic acids is 1. The summed E-state index contributed by atoms with van der Waals surface area (Å²) in [6.07, 6.45) is 6.02. The Labute approximate surface area is 171 Å². The predicted octanol–water partition coefficient (Wildman–Crippen LogP) is 3.81. The Morgan fingerprint density at radius 1 is 1.36 bits per heavy atom. The maximum absolute atomic E-state index is 12.2. The fourth-order valence-electron chi connectivity index (χ4n) is 3.13. The highest BCUT2D eigenvalue weighted by Gasteiger charge is 2.16. The number of nitrogens with one attached hydrogen (secondary N) is 1.